The largest absolute Gasteiger partial charge is 0.398 e. The molecule has 3 heterocycles. The summed E-state index contributed by atoms with van der Waals surface area (Å²) in [6.07, 6.45) is 3.78. The van der Waals surface area contributed by atoms with Gasteiger partial charge in [0.2, 0.25) is 5.91 Å². The van der Waals surface area contributed by atoms with Gasteiger partial charge in [-0.2, -0.15) is 9.61 Å². The molecule has 7 rings (SSSR count). The molecule has 0 aliphatic rings. The number of nitrogens with zero attached hydrogens (tertiary/aromatic N) is 6. The highest BCUT2D eigenvalue weighted by Crippen LogP contribution is 2.29. The van der Waals surface area contributed by atoms with Crippen molar-refractivity contribution in [3.63, 3.8) is 0 Å². The number of nitrogens with two attached hydrogens (primary N) is 1. The topological polar surface area (TPSA) is 128 Å². The molecule has 0 aliphatic carbocycles. The van der Waals surface area contributed by atoms with Crippen molar-refractivity contribution < 1.29 is 4.79 Å². The van der Waals surface area contributed by atoms with Gasteiger partial charge < -0.3 is 16.4 Å². The fraction of sp³-hybridized carbons (Fsp3) is 0.139. The summed E-state index contributed by atoms with van der Waals surface area (Å²) in [6, 6.07) is 35.8. The van der Waals surface area contributed by atoms with Crippen molar-refractivity contribution in [2.24, 2.45) is 0 Å². The van der Waals surface area contributed by atoms with Crippen LogP contribution in [0.15, 0.2) is 115 Å². The minimum absolute atomic E-state index is 0.0195. The Labute approximate surface area is 265 Å². The number of benzene rings is 4. The standard InChI is InChI=1S/C36H33N9O/c37-29-13-5-4-12-28(29)31-23-34(45-36(41-31)33(24-40-45)44-32-15-7-6-14-30(32)42-43-44)38-20-8-9-21-39-35(46)22-25-16-18-27(19-17-25)26-10-2-1-3-11-26/h1-7,10-19,23-24,38H,8-9,20-22,37H2,(H,39,46). The molecule has 10 nitrogen and oxygen atoms in total. The van der Waals surface area contributed by atoms with Crippen LogP contribution in [0.2, 0.25) is 0 Å². The lowest BCUT2D eigenvalue weighted by Gasteiger charge is -2.12. The molecule has 4 N–H and O–H groups in total. The average Bonchev–Trinajstić information content (AvgIpc) is 3.71. The monoisotopic (exact) mass is 607 g/mol. The number of carbonyl (C=O) groups excluding carboxylic acids is 1. The van der Waals surface area contributed by atoms with Gasteiger partial charge in [-0.3, -0.25) is 4.79 Å². The summed E-state index contributed by atoms with van der Waals surface area (Å²) >= 11 is 0. The van der Waals surface area contributed by atoms with E-state index in [1.165, 1.54) is 0 Å². The lowest BCUT2D eigenvalue weighted by molar-refractivity contribution is -0.120. The van der Waals surface area contributed by atoms with Gasteiger partial charge in [0.25, 0.3) is 0 Å². The van der Waals surface area contributed by atoms with Gasteiger partial charge in [-0.15, -0.1) is 5.10 Å². The minimum Gasteiger partial charge on any atom is -0.398 e. The number of carbonyl (C=O) groups is 1. The van der Waals surface area contributed by atoms with Gasteiger partial charge in [0.15, 0.2) is 5.65 Å². The number of anilines is 2. The number of nitrogens with one attached hydrogen (secondary N) is 2. The number of fused-ring (bicyclic) bond motifs is 2. The molecule has 0 saturated heterocycles. The third-order valence-corrected chi connectivity index (χ3v) is 7.93. The maximum Gasteiger partial charge on any atom is 0.224 e. The first kappa shape index (κ1) is 28.7. The van der Waals surface area contributed by atoms with Crippen LogP contribution in [0.3, 0.4) is 0 Å². The first-order valence-electron chi connectivity index (χ1n) is 15.3. The van der Waals surface area contributed by atoms with Crippen LogP contribution < -0.4 is 16.4 Å². The maximum atomic E-state index is 12.6. The van der Waals surface area contributed by atoms with Crippen LogP contribution in [0.4, 0.5) is 11.5 Å². The lowest BCUT2D eigenvalue weighted by Crippen LogP contribution is -2.26. The highest BCUT2D eigenvalue weighted by molar-refractivity contribution is 5.81. The van der Waals surface area contributed by atoms with Crippen molar-refractivity contribution in [1.82, 2.24) is 34.9 Å². The van der Waals surface area contributed by atoms with Crippen molar-refractivity contribution in [1.29, 1.82) is 0 Å². The van der Waals surface area contributed by atoms with E-state index in [0.29, 0.717) is 36.5 Å². The number of amides is 1. The van der Waals surface area contributed by atoms with E-state index >= 15 is 0 Å². The summed E-state index contributed by atoms with van der Waals surface area (Å²) in [5.74, 6) is 0.799. The first-order valence-corrected chi connectivity index (χ1v) is 15.3. The lowest BCUT2D eigenvalue weighted by atomic mass is 10.0. The van der Waals surface area contributed by atoms with Gasteiger partial charge in [0, 0.05) is 30.4 Å². The van der Waals surface area contributed by atoms with E-state index in [4.69, 9.17) is 10.7 Å². The van der Waals surface area contributed by atoms with Crippen LogP contribution in [0.1, 0.15) is 18.4 Å². The Kier molecular flexibility index (Phi) is 8.06. The third-order valence-electron chi connectivity index (χ3n) is 7.93. The molecule has 0 atom stereocenters. The SMILES string of the molecule is Nc1ccccc1-c1cc(NCCCCNC(=O)Cc2ccc(-c3ccccc3)cc2)n2ncc(-n3nnc4ccccc43)c2n1. The van der Waals surface area contributed by atoms with Crippen LogP contribution in [0.5, 0.6) is 0 Å². The summed E-state index contributed by atoms with van der Waals surface area (Å²) in [5, 5.41) is 19.9. The maximum absolute atomic E-state index is 12.6. The third kappa shape index (κ3) is 6.00. The van der Waals surface area contributed by atoms with Crippen molar-refractivity contribution >= 4 is 34.1 Å². The first-order chi connectivity index (χ1) is 22.6. The van der Waals surface area contributed by atoms with E-state index in [2.05, 4.69) is 50.3 Å². The molecule has 7 aromatic rings. The van der Waals surface area contributed by atoms with E-state index in [1.54, 1.807) is 15.4 Å². The molecular weight excluding hydrogens is 574 g/mol. The zero-order valence-corrected chi connectivity index (χ0v) is 25.2. The van der Waals surface area contributed by atoms with Crippen LogP contribution in [-0.2, 0) is 11.2 Å². The molecule has 0 fully saturated rings. The number of aromatic nitrogens is 6. The normalized spacial score (nSPS) is 11.2. The molecule has 3 aromatic heterocycles. The highest BCUT2D eigenvalue weighted by atomic mass is 16.1. The minimum atomic E-state index is 0.0195. The molecule has 0 saturated carbocycles. The van der Waals surface area contributed by atoms with E-state index in [1.807, 2.05) is 84.9 Å². The smallest absolute Gasteiger partial charge is 0.224 e. The van der Waals surface area contributed by atoms with Crippen molar-refractivity contribution in [2.45, 2.75) is 19.3 Å². The number of nitrogen functional groups attached to an aromatic ring is 1. The number of para-hydroxylation sites is 2. The van der Waals surface area contributed by atoms with E-state index in [9.17, 15) is 4.79 Å². The predicted molar refractivity (Wildman–Crippen MR) is 182 cm³/mol. The van der Waals surface area contributed by atoms with E-state index < -0.39 is 0 Å². The highest BCUT2D eigenvalue weighted by Gasteiger charge is 2.17. The Morgan fingerprint density at radius 3 is 2.39 bits per heavy atom. The molecule has 0 spiro atoms. The van der Waals surface area contributed by atoms with Gasteiger partial charge in [-0.05, 0) is 47.7 Å². The molecule has 0 unspecified atom stereocenters. The molecule has 0 aliphatic heterocycles. The molecule has 0 bridgehead atoms. The van der Waals surface area contributed by atoms with Crippen molar-refractivity contribution in [2.75, 3.05) is 24.1 Å². The van der Waals surface area contributed by atoms with Gasteiger partial charge >= 0.3 is 0 Å². The zero-order valence-electron chi connectivity index (χ0n) is 25.2. The molecular formula is C36H33N9O. The van der Waals surface area contributed by atoms with Gasteiger partial charge in [0.05, 0.1) is 23.8 Å². The fourth-order valence-electron chi connectivity index (χ4n) is 5.53. The second-order valence-electron chi connectivity index (χ2n) is 11.1. The molecule has 0 radical (unpaired) electrons. The Balaban J connectivity index is 1.00. The van der Waals surface area contributed by atoms with Gasteiger partial charge in [-0.1, -0.05) is 90.1 Å². The van der Waals surface area contributed by atoms with Crippen LogP contribution in [-0.4, -0.2) is 48.6 Å². The summed E-state index contributed by atoms with van der Waals surface area (Å²) in [5.41, 5.74) is 14.8. The van der Waals surface area contributed by atoms with Gasteiger partial charge in [0.1, 0.15) is 17.0 Å². The molecule has 46 heavy (non-hydrogen) atoms. The Morgan fingerprint density at radius 1 is 0.804 bits per heavy atom. The second-order valence-corrected chi connectivity index (χ2v) is 11.1. The van der Waals surface area contributed by atoms with E-state index in [0.717, 1.165) is 57.6 Å². The predicted octanol–water partition coefficient (Wildman–Crippen LogP) is 5.93. The molecule has 4 aromatic carbocycles. The summed E-state index contributed by atoms with van der Waals surface area (Å²) in [7, 11) is 0. The molecule has 228 valence electrons. The zero-order chi connectivity index (χ0) is 31.3. The van der Waals surface area contributed by atoms with Crippen LogP contribution in [0.25, 0.3) is 44.8 Å². The molecule has 10 heteroatoms. The summed E-state index contributed by atoms with van der Waals surface area (Å²) in [4.78, 5) is 17.5. The Hall–Kier alpha value is -6.03. The number of unbranched alkanes of at least 4 members (excludes halogenated alkanes) is 1. The fourth-order valence-corrected chi connectivity index (χ4v) is 5.53. The Bertz CT molecular complexity index is 2120. The average molecular weight is 608 g/mol. The Morgan fingerprint density at radius 2 is 1.54 bits per heavy atom. The summed E-state index contributed by atoms with van der Waals surface area (Å²) in [6.45, 7) is 1.28. The van der Waals surface area contributed by atoms with Crippen LogP contribution in [0, 0.1) is 0 Å². The molecule has 1 amide bonds. The van der Waals surface area contributed by atoms with Gasteiger partial charge in [-0.25, -0.2) is 9.67 Å². The van der Waals surface area contributed by atoms with Crippen molar-refractivity contribution in [3.8, 4) is 28.1 Å². The van der Waals surface area contributed by atoms with Crippen LogP contribution >= 0.6 is 0 Å². The number of rotatable bonds is 11. The summed E-state index contributed by atoms with van der Waals surface area (Å²) < 4.78 is 3.53. The quantitative estimate of drug-likeness (QED) is 0.123. The second kappa shape index (κ2) is 12.9. The number of hydrogen-bond acceptors (Lipinski definition) is 7. The number of hydrogen-bond donors (Lipinski definition) is 3. The van der Waals surface area contributed by atoms with E-state index in [-0.39, 0.29) is 5.91 Å². The van der Waals surface area contributed by atoms with Crippen molar-refractivity contribution in [3.05, 3.63) is 121 Å².